The molecule has 12 rings (SSSR count). The van der Waals surface area contributed by atoms with E-state index in [1.807, 2.05) is 22.6 Å². The fourth-order valence-electron chi connectivity index (χ4n) is 13.2. The highest BCUT2D eigenvalue weighted by atomic mass is 79.9. The van der Waals surface area contributed by atoms with E-state index in [2.05, 4.69) is 88.9 Å². The molecule has 0 bridgehead atoms. The van der Waals surface area contributed by atoms with Crippen molar-refractivity contribution in [3.05, 3.63) is 186 Å². The number of morpholine rings is 3. The average molecular weight is 1900 g/mol. The molecule has 0 radical (unpaired) electrons. The van der Waals surface area contributed by atoms with Crippen molar-refractivity contribution in [1.29, 1.82) is 0 Å². The third kappa shape index (κ3) is 24.8. The number of hydrogen-bond donors (Lipinski definition) is 7. The Morgan fingerprint density at radius 2 is 0.975 bits per heavy atom. The normalized spacial score (nSPS) is 20.4. The van der Waals surface area contributed by atoms with E-state index in [4.69, 9.17) is 58.6 Å². The molecule has 8 atom stereocenters. The Morgan fingerprint density at radius 1 is 0.588 bits per heavy atom. The Hall–Kier alpha value is -8.62. The third-order valence-corrected chi connectivity index (χ3v) is 23.4. The van der Waals surface area contributed by atoms with Gasteiger partial charge in [-0.3, -0.25) is 49.3 Å². The molecule has 2 amide bonds. The van der Waals surface area contributed by atoms with Gasteiger partial charge >= 0.3 is 30.0 Å². The van der Waals surface area contributed by atoms with E-state index < -0.39 is 95.2 Å². The van der Waals surface area contributed by atoms with E-state index in [0.29, 0.717) is 144 Å². The fourth-order valence-corrected chi connectivity index (χ4v) is 16.6. The molecule has 3 aromatic carbocycles. The number of hydroxylamine groups is 1. The molecule has 3 unspecified atom stereocenters. The molecule has 8 N–H and O–H groups in total. The number of ketones is 1. The maximum absolute atomic E-state index is 14.1. The molecule has 6 aliphatic heterocycles. The number of carbonyl (C=O) groups is 7. The van der Waals surface area contributed by atoms with Crippen molar-refractivity contribution in [1.82, 2.24) is 56.4 Å². The van der Waals surface area contributed by atoms with E-state index in [1.165, 1.54) is 77.3 Å². The van der Waals surface area contributed by atoms with Crippen LogP contribution in [0.2, 0.25) is 0 Å². The van der Waals surface area contributed by atoms with Gasteiger partial charge in [-0.2, -0.15) is 0 Å². The van der Waals surface area contributed by atoms with E-state index in [1.54, 1.807) is 101 Å². The van der Waals surface area contributed by atoms with Crippen molar-refractivity contribution in [2.45, 2.75) is 123 Å². The summed E-state index contributed by atoms with van der Waals surface area (Å²) < 4.78 is 87.4. The van der Waals surface area contributed by atoms with Crippen molar-refractivity contribution in [3.63, 3.8) is 0 Å². The van der Waals surface area contributed by atoms with Crippen LogP contribution in [-0.4, -0.2) is 235 Å². The minimum atomic E-state index is -0.923. The number of Topliss-reactive ketones (excluding diaryl/α,β-unsaturated/α-hetero) is 1. The number of halogens is 6. The van der Waals surface area contributed by atoms with Crippen molar-refractivity contribution in [2.24, 2.45) is 26.6 Å². The van der Waals surface area contributed by atoms with Gasteiger partial charge < -0.3 is 64.9 Å². The molecular weight excluding hydrogens is 1810 g/mol. The standard InChI is InChI=1S/C32H41BrFN5O7S.C25H29BrFN5O4S.C22H23BrFN5O5S/c1-7-44-29(40)24-23(36-27(28-35-10-13-47-28)37-26(24)21-9-8-19(34)14-22(21)33)15-39-11-12-43-16-20(39)17-45-30(41)25(18(2)3)38-31(42)46-32(4,5)6;1-3-19(28)25(34)36-13-16-12-35-8-7-32(16)11-20-21(14(2)33)22(17-5-4-15(27)10-18(17)26)31-23(30-20)24-29-6-9-37-24;1-2-34-22(31)17-15(10-29-6-7-33-11-16(29)20(30)28-32)26-19(21-25-5-8-35-21)27-18(17)13-4-3-12(24)9-14(13)23/h8-10,13-14,18,20,25-26H,7,11-12,15-17H2,1-6H3,(H,36,37)(H,38,42);4-6,9-10,16,19,22H,3,7-8,11-13,28H2,1-2H3,(H,30,31);3-5,8-9,16,18,32H,2,6-7,10-11H2,1H3,(H,26,27)(H,28,30)/t20-,25-,26?;16-,19-,22?;16-,18?/m000/s1. The number of ether oxygens (including phenoxy) is 8. The molecule has 31 nitrogen and oxygen atoms in total. The van der Waals surface area contributed by atoms with Crippen molar-refractivity contribution in [2.75, 3.05) is 105 Å². The van der Waals surface area contributed by atoms with Crippen LogP contribution in [0.4, 0.5) is 18.0 Å². The second-order valence-electron chi connectivity index (χ2n) is 28.8. The van der Waals surface area contributed by atoms with E-state index in [0.717, 1.165) is 0 Å². The predicted octanol–water partition coefficient (Wildman–Crippen LogP) is 9.87. The lowest BCUT2D eigenvalue weighted by Crippen LogP contribution is -2.55. The number of esters is 4. The van der Waals surface area contributed by atoms with Crippen LogP contribution < -0.4 is 32.5 Å². The molecule has 0 aliphatic carbocycles. The van der Waals surface area contributed by atoms with Gasteiger partial charge in [0.1, 0.15) is 72.5 Å². The first-order valence-corrected chi connectivity index (χ1v) is 43.1. The maximum atomic E-state index is 14.1. The van der Waals surface area contributed by atoms with Gasteiger partial charge in [0.25, 0.3) is 5.91 Å². The highest BCUT2D eigenvalue weighted by Crippen LogP contribution is 2.41. The number of aromatic nitrogens is 3. The summed E-state index contributed by atoms with van der Waals surface area (Å²) in [6.07, 6.45) is 4.76. The Bertz CT molecular complexity index is 4790. The monoisotopic (exact) mass is 1900 g/mol. The minimum Gasteiger partial charge on any atom is -0.463 e. The first-order chi connectivity index (χ1) is 57.0. The number of amidine groups is 3. The van der Waals surface area contributed by atoms with Crippen LogP contribution in [0.25, 0.3) is 0 Å². The molecule has 6 aromatic rings. The lowest BCUT2D eigenvalue weighted by atomic mass is 9.92. The Balaban J connectivity index is 0.000000190. The molecular formula is C79H93Br3F3N15O16S3. The molecule has 3 aromatic heterocycles. The number of nitrogens with one attached hydrogen (secondary N) is 5. The van der Waals surface area contributed by atoms with Gasteiger partial charge in [-0.05, 0) is 107 Å². The number of benzene rings is 3. The number of thiazole rings is 3. The lowest BCUT2D eigenvalue weighted by molar-refractivity contribution is -0.151. The lowest BCUT2D eigenvalue weighted by Gasteiger charge is -2.37. The van der Waals surface area contributed by atoms with Gasteiger partial charge in [-0.1, -0.05) is 86.8 Å². The molecule has 640 valence electrons. The van der Waals surface area contributed by atoms with Gasteiger partial charge in [0.15, 0.2) is 38.3 Å². The molecule has 0 saturated carbocycles. The third-order valence-electron chi connectivity index (χ3n) is 19.0. The predicted molar refractivity (Wildman–Crippen MR) is 448 cm³/mol. The van der Waals surface area contributed by atoms with E-state index >= 15 is 0 Å². The number of aliphatic imine (C=N–C) groups is 3. The molecule has 119 heavy (non-hydrogen) atoms. The summed E-state index contributed by atoms with van der Waals surface area (Å²) in [5.41, 5.74) is 11.2. The number of hydrogen-bond acceptors (Lipinski definition) is 32. The first kappa shape index (κ1) is 92.7. The number of carbonyl (C=O) groups excluding carboxylic acids is 7. The summed E-state index contributed by atoms with van der Waals surface area (Å²) in [5.74, 6) is -3.10. The van der Waals surface area contributed by atoms with E-state index in [-0.39, 0.29) is 87.7 Å². The number of nitrogens with two attached hydrogens (primary N) is 1. The van der Waals surface area contributed by atoms with Crippen LogP contribution in [0.1, 0.15) is 119 Å². The highest BCUT2D eigenvalue weighted by Gasteiger charge is 2.41. The summed E-state index contributed by atoms with van der Waals surface area (Å²) in [5, 5.41) is 29.0. The van der Waals surface area contributed by atoms with Crippen LogP contribution >= 0.6 is 81.8 Å². The molecule has 3 fully saturated rings. The number of rotatable bonds is 27. The first-order valence-electron chi connectivity index (χ1n) is 38.1. The van der Waals surface area contributed by atoms with Crippen molar-refractivity contribution < 1.29 is 89.8 Å². The highest BCUT2D eigenvalue weighted by molar-refractivity contribution is 9.11. The number of nitrogens with zero attached hydrogens (tertiary/aromatic N) is 9. The van der Waals surface area contributed by atoms with Crippen LogP contribution in [0.3, 0.4) is 0 Å². The van der Waals surface area contributed by atoms with Gasteiger partial charge in [-0.25, -0.2) is 52.8 Å². The molecule has 6 aliphatic rings. The average Bonchev–Trinajstić information content (AvgIpc) is 1.51. The van der Waals surface area contributed by atoms with Crippen LogP contribution in [0.5, 0.6) is 0 Å². The van der Waals surface area contributed by atoms with Crippen LogP contribution in [0.15, 0.2) is 152 Å². The van der Waals surface area contributed by atoms with Gasteiger partial charge in [-0.15, -0.1) is 34.0 Å². The van der Waals surface area contributed by atoms with Gasteiger partial charge in [0.05, 0.1) is 76.1 Å². The Kier molecular flexibility index (Phi) is 34.1. The zero-order valence-electron chi connectivity index (χ0n) is 66.5. The molecule has 3 saturated heterocycles. The molecule has 9 heterocycles. The molecule has 0 spiro atoms. The zero-order chi connectivity index (χ0) is 85.8. The number of amides is 2. The SMILES string of the molecule is CCOC(=O)C1=C(CN2CCOC[C@H]2C(=O)NO)NC(c2nccs2)=NC1c1ccc(F)cc1Br.CCOC(=O)C1=C(CN2CCOC[C@H]2COC(=O)[C@@H](NC(=O)OC(C)(C)C)C(C)C)NC(c2nccs2)=NC1c1ccc(F)cc1Br.CC[C@H](N)C(=O)OC[C@@H]1COCCN1CC1=C(C(C)=O)C(c2ccc(F)cc2Br)N=C(c2nccs2)N1. The van der Waals surface area contributed by atoms with E-state index in [9.17, 15) is 51.9 Å². The summed E-state index contributed by atoms with van der Waals surface area (Å²) in [6.45, 7) is 20.1. The van der Waals surface area contributed by atoms with Crippen molar-refractivity contribution >= 4 is 141 Å². The molecule has 40 heteroatoms. The second kappa shape index (κ2) is 43.7. The largest absolute Gasteiger partial charge is 0.463 e. The summed E-state index contributed by atoms with van der Waals surface area (Å²) in [7, 11) is 0. The smallest absolute Gasteiger partial charge is 0.408 e. The topological polar surface area (TPSA) is 385 Å². The van der Waals surface area contributed by atoms with Crippen LogP contribution in [-0.2, 0) is 66.7 Å². The number of alkyl carbamates (subject to hydrolysis) is 1. The maximum Gasteiger partial charge on any atom is 0.408 e. The summed E-state index contributed by atoms with van der Waals surface area (Å²) >= 11 is 14.5. The Labute approximate surface area is 722 Å². The van der Waals surface area contributed by atoms with Gasteiger partial charge in [0, 0.05) is 110 Å². The summed E-state index contributed by atoms with van der Waals surface area (Å²) in [4.78, 5) is 123. The summed E-state index contributed by atoms with van der Waals surface area (Å²) in [6, 6.07) is 7.46. The van der Waals surface area contributed by atoms with Crippen LogP contribution in [0, 0.1) is 23.4 Å². The second-order valence-corrected chi connectivity index (χ2v) is 34.0. The minimum absolute atomic E-state index is 0.0273. The van der Waals surface area contributed by atoms with Crippen molar-refractivity contribution in [3.8, 4) is 0 Å². The fraction of sp³-hybridized carbons (Fsp3) is 0.456. The van der Waals surface area contributed by atoms with Gasteiger partial charge in [0.2, 0.25) is 0 Å². The quantitative estimate of drug-likeness (QED) is 0.0109. The Morgan fingerprint density at radius 3 is 1.34 bits per heavy atom. The zero-order valence-corrected chi connectivity index (χ0v) is 73.8.